The molecule has 0 spiro atoms. The van der Waals surface area contributed by atoms with Crippen molar-refractivity contribution in [1.82, 2.24) is 25.3 Å². The van der Waals surface area contributed by atoms with Crippen molar-refractivity contribution < 1.29 is 9.59 Å². The number of carbonyl (C=O) groups is 2. The fourth-order valence-corrected chi connectivity index (χ4v) is 3.82. The lowest BCUT2D eigenvalue weighted by Crippen LogP contribution is -2.45. The van der Waals surface area contributed by atoms with Crippen molar-refractivity contribution in [3.05, 3.63) is 17.4 Å². The van der Waals surface area contributed by atoms with Gasteiger partial charge in [0.2, 0.25) is 11.8 Å². The molecule has 144 valence electrons. The van der Waals surface area contributed by atoms with E-state index in [2.05, 4.69) is 20.6 Å². The maximum atomic E-state index is 12.4. The Morgan fingerprint density at radius 2 is 2.00 bits per heavy atom. The van der Waals surface area contributed by atoms with Crippen molar-refractivity contribution in [2.45, 2.75) is 57.7 Å². The predicted octanol–water partition coefficient (Wildman–Crippen LogP) is 1.42. The van der Waals surface area contributed by atoms with Gasteiger partial charge in [-0.3, -0.25) is 19.2 Å². The molecule has 2 fully saturated rings. The standard InChI is InChI=1S/C18H28ClN5O2/c1-13(25)21-10-17-5-4-16(24(17)11-14-2-3-14)8-18(26)20-6-7-23-12-15(19)9-22-23/h9,12,14,16-17H,2-8,10-11H2,1H3,(H,20,26)(H,21,25)/t16-,17+/m0/s1. The van der Waals surface area contributed by atoms with Gasteiger partial charge in [-0.2, -0.15) is 5.10 Å². The maximum Gasteiger partial charge on any atom is 0.221 e. The van der Waals surface area contributed by atoms with Crippen LogP contribution in [-0.4, -0.2) is 58.2 Å². The summed E-state index contributed by atoms with van der Waals surface area (Å²) in [7, 11) is 0. The largest absolute Gasteiger partial charge is 0.355 e. The third-order valence-corrected chi connectivity index (χ3v) is 5.40. The van der Waals surface area contributed by atoms with Gasteiger partial charge < -0.3 is 10.6 Å². The maximum absolute atomic E-state index is 12.4. The fraction of sp³-hybridized carbons (Fsp3) is 0.722. The summed E-state index contributed by atoms with van der Waals surface area (Å²) in [6, 6.07) is 0.622. The van der Waals surface area contributed by atoms with Crippen LogP contribution in [0.1, 0.15) is 39.0 Å². The van der Waals surface area contributed by atoms with E-state index in [0.717, 1.165) is 25.3 Å². The van der Waals surface area contributed by atoms with Gasteiger partial charge in [0.1, 0.15) is 0 Å². The topological polar surface area (TPSA) is 79.3 Å². The average molecular weight is 382 g/mol. The zero-order valence-electron chi connectivity index (χ0n) is 15.3. The summed E-state index contributed by atoms with van der Waals surface area (Å²) < 4.78 is 1.72. The first-order valence-electron chi connectivity index (χ1n) is 9.46. The summed E-state index contributed by atoms with van der Waals surface area (Å²) in [6.07, 6.45) is 8.48. The molecule has 3 rings (SSSR count). The molecule has 0 unspecified atom stereocenters. The Hall–Kier alpha value is -1.60. The van der Waals surface area contributed by atoms with Crippen molar-refractivity contribution in [2.24, 2.45) is 5.92 Å². The number of likely N-dealkylation sites (tertiary alicyclic amines) is 1. The van der Waals surface area contributed by atoms with Gasteiger partial charge in [-0.1, -0.05) is 11.6 Å². The van der Waals surface area contributed by atoms with Crippen LogP contribution in [0.2, 0.25) is 5.02 Å². The van der Waals surface area contributed by atoms with E-state index in [9.17, 15) is 9.59 Å². The average Bonchev–Trinajstić information content (AvgIpc) is 3.20. The van der Waals surface area contributed by atoms with Crippen molar-refractivity contribution >= 4 is 23.4 Å². The van der Waals surface area contributed by atoms with Gasteiger partial charge in [0.05, 0.1) is 17.8 Å². The second kappa shape index (κ2) is 8.86. The SMILES string of the molecule is CC(=O)NC[C@H]1CC[C@@H](CC(=O)NCCn2cc(Cl)cn2)N1CC1CC1. The van der Waals surface area contributed by atoms with E-state index in [-0.39, 0.29) is 17.9 Å². The molecule has 1 saturated heterocycles. The molecule has 1 aromatic heterocycles. The summed E-state index contributed by atoms with van der Waals surface area (Å²) in [6.45, 7) is 4.44. The molecule has 2 aliphatic rings. The van der Waals surface area contributed by atoms with E-state index in [4.69, 9.17) is 11.6 Å². The fourth-order valence-electron chi connectivity index (χ4n) is 3.67. The van der Waals surface area contributed by atoms with Crippen molar-refractivity contribution in [3.63, 3.8) is 0 Å². The normalized spacial score (nSPS) is 23.2. The summed E-state index contributed by atoms with van der Waals surface area (Å²) in [5, 5.41) is 10.6. The summed E-state index contributed by atoms with van der Waals surface area (Å²) in [5.74, 6) is 0.855. The Morgan fingerprint density at radius 1 is 1.23 bits per heavy atom. The number of carbonyl (C=O) groups excluding carboxylic acids is 2. The Balaban J connectivity index is 1.45. The number of amides is 2. The van der Waals surface area contributed by atoms with Crippen molar-refractivity contribution in [2.75, 3.05) is 19.6 Å². The Labute approximate surface area is 159 Å². The zero-order chi connectivity index (χ0) is 18.5. The molecule has 1 aliphatic carbocycles. The third-order valence-electron chi connectivity index (χ3n) is 5.21. The van der Waals surface area contributed by atoms with Crippen molar-refractivity contribution in [3.8, 4) is 0 Å². The number of rotatable bonds is 9. The highest BCUT2D eigenvalue weighted by Crippen LogP contribution is 2.35. The van der Waals surface area contributed by atoms with Crippen LogP contribution in [0.15, 0.2) is 12.4 Å². The highest BCUT2D eigenvalue weighted by Gasteiger charge is 2.37. The highest BCUT2D eigenvalue weighted by atomic mass is 35.5. The van der Waals surface area contributed by atoms with Gasteiger partial charge >= 0.3 is 0 Å². The molecule has 2 amide bonds. The zero-order valence-corrected chi connectivity index (χ0v) is 16.0. The van der Waals surface area contributed by atoms with Crippen LogP contribution < -0.4 is 10.6 Å². The molecular weight excluding hydrogens is 354 g/mol. The summed E-state index contributed by atoms with van der Waals surface area (Å²) >= 11 is 5.83. The van der Waals surface area contributed by atoms with Crippen LogP contribution in [0.3, 0.4) is 0 Å². The van der Waals surface area contributed by atoms with E-state index < -0.39 is 0 Å². The van der Waals surface area contributed by atoms with E-state index >= 15 is 0 Å². The van der Waals surface area contributed by atoms with Gasteiger partial charge in [0.15, 0.2) is 0 Å². The molecule has 2 N–H and O–H groups in total. The minimum absolute atomic E-state index is 0.0105. The molecule has 1 aliphatic heterocycles. The number of hydrogen-bond acceptors (Lipinski definition) is 4. The lowest BCUT2D eigenvalue weighted by Gasteiger charge is -2.30. The molecule has 0 bridgehead atoms. The van der Waals surface area contributed by atoms with E-state index in [1.165, 1.54) is 12.8 Å². The number of nitrogens with zero attached hydrogens (tertiary/aromatic N) is 3. The molecule has 7 nitrogen and oxygen atoms in total. The molecule has 8 heteroatoms. The van der Waals surface area contributed by atoms with Crippen LogP contribution in [-0.2, 0) is 16.1 Å². The molecule has 2 atom stereocenters. The Bertz CT molecular complexity index is 631. The molecule has 2 heterocycles. The van der Waals surface area contributed by atoms with Gasteiger partial charge in [-0.05, 0) is 31.6 Å². The van der Waals surface area contributed by atoms with Gasteiger partial charge in [-0.15, -0.1) is 0 Å². The van der Waals surface area contributed by atoms with Gasteiger partial charge in [0.25, 0.3) is 0 Å². The second-order valence-electron chi connectivity index (χ2n) is 7.44. The molecule has 26 heavy (non-hydrogen) atoms. The highest BCUT2D eigenvalue weighted by molar-refractivity contribution is 6.30. The molecule has 0 aromatic carbocycles. The van der Waals surface area contributed by atoms with E-state index in [1.807, 2.05) is 0 Å². The summed E-state index contributed by atoms with van der Waals surface area (Å²) in [4.78, 5) is 26.0. The number of aromatic nitrogens is 2. The third kappa shape index (κ3) is 5.71. The predicted molar refractivity (Wildman–Crippen MR) is 99.8 cm³/mol. The van der Waals surface area contributed by atoms with Crippen LogP contribution >= 0.6 is 11.6 Å². The Morgan fingerprint density at radius 3 is 2.65 bits per heavy atom. The Kier molecular flexibility index (Phi) is 6.53. The second-order valence-corrected chi connectivity index (χ2v) is 7.87. The van der Waals surface area contributed by atoms with Crippen molar-refractivity contribution in [1.29, 1.82) is 0 Å². The lowest BCUT2D eigenvalue weighted by molar-refractivity contribution is -0.122. The number of halogens is 1. The van der Waals surface area contributed by atoms with Crippen LogP contribution in [0.5, 0.6) is 0 Å². The summed E-state index contributed by atoms with van der Waals surface area (Å²) in [5.41, 5.74) is 0. The van der Waals surface area contributed by atoms with Crippen LogP contribution in [0.25, 0.3) is 0 Å². The molecular formula is C18H28ClN5O2. The van der Waals surface area contributed by atoms with E-state index in [1.54, 1.807) is 24.0 Å². The van der Waals surface area contributed by atoms with E-state index in [0.29, 0.717) is 37.1 Å². The van der Waals surface area contributed by atoms with Crippen LogP contribution in [0.4, 0.5) is 0 Å². The first kappa shape index (κ1) is 19.2. The van der Waals surface area contributed by atoms with Gasteiger partial charge in [0, 0.05) is 51.3 Å². The molecule has 0 radical (unpaired) electrons. The lowest BCUT2D eigenvalue weighted by atomic mass is 10.1. The first-order valence-corrected chi connectivity index (χ1v) is 9.84. The monoisotopic (exact) mass is 381 g/mol. The molecule has 1 saturated carbocycles. The quantitative estimate of drug-likeness (QED) is 0.678. The van der Waals surface area contributed by atoms with Gasteiger partial charge in [-0.25, -0.2) is 0 Å². The van der Waals surface area contributed by atoms with Crippen LogP contribution in [0, 0.1) is 5.92 Å². The smallest absolute Gasteiger partial charge is 0.221 e. The first-order chi connectivity index (χ1) is 12.5. The molecule has 1 aromatic rings. The minimum atomic E-state index is 0.0105. The number of hydrogen-bond donors (Lipinski definition) is 2. The number of nitrogens with one attached hydrogen (secondary N) is 2. The minimum Gasteiger partial charge on any atom is -0.355 e.